The molecule has 2 heterocycles. The largest absolute Gasteiger partial charge is 0.364 e. The van der Waals surface area contributed by atoms with Crippen LogP contribution in [-0.2, 0) is 0 Å². The Morgan fingerprint density at radius 3 is 2.85 bits per heavy atom. The molecule has 0 aromatic carbocycles. The summed E-state index contributed by atoms with van der Waals surface area (Å²) in [6, 6.07) is 0.300. The molecule has 0 radical (unpaired) electrons. The van der Waals surface area contributed by atoms with Gasteiger partial charge in [-0.2, -0.15) is 0 Å². The van der Waals surface area contributed by atoms with Crippen molar-refractivity contribution in [1.29, 1.82) is 0 Å². The highest BCUT2D eigenvalue weighted by Crippen LogP contribution is 2.23. The van der Waals surface area contributed by atoms with Crippen LogP contribution in [0.25, 0.3) is 0 Å². The van der Waals surface area contributed by atoms with Crippen molar-refractivity contribution in [3.63, 3.8) is 0 Å². The molecule has 4 nitrogen and oxygen atoms in total. The summed E-state index contributed by atoms with van der Waals surface area (Å²) in [7, 11) is 0. The highest BCUT2D eigenvalue weighted by Gasteiger charge is 2.22. The van der Waals surface area contributed by atoms with Crippen molar-refractivity contribution >= 4 is 0 Å². The first-order chi connectivity index (χ1) is 6.42. The molecule has 0 bridgehead atoms. The van der Waals surface area contributed by atoms with Crippen molar-refractivity contribution in [3.8, 4) is 0 Å². The summed E-state index contributed by atoms with van der Waals surface area (Å²) >= 11 is 0. The van der Waals surface area contributed by atoms with Gasteiger partial charge in [-0.15, -0.1) is 0 Å². The van der Waals surface area contributed by atoms with Crippen molar-refractivity contribution in [1.82, 2.24) is 10.1 Å². The van der Waals surface area contributed by atoms with E-state index in [1.165, 1.54) is 12.8 Å². The molecule has 13 heavy (non-hydrogen) atoms. The maximum absolute atomic E-state index is 5.73. The second-order valence-corrected chi connectivity index (χ2v) is 3.45. The van der Waals surface area contributed by atoms with E-state index in [0.29, 0.717) is 12.6 Å². The normalized spacial score (nSPS) is 20.7. The van der Waals surface area contributed by atoms with E-state index < -0.39 is 0 Å². The summed E-state index contributed by atoms with van der Waals surface area (Å²) in [6.07, 6.45) is 6.01. The fourth-order valence-electron chi connectivity index (χ4n) is 1.93. The molecule has 1 aromatic heterocycles. The summed E-state index contributed by atoms with van der Waals surface area (Å²) in [4.78, 5) is 2.40. The van der Waals surface area contributed by atoms with E-state index in [0.717, 1.165) is 18.7 Å². The number of nitrogens with two attached hydrogens (primary N) is 1. The number of rotatable bonds is 3. The number of hydrogen-bond donors (Lipinski definition) is 1. The van der Waals surface area contributed by atoms with Gasteiger partial charge in [0.1, 0.15) is 6.26 Å². The van der Waals surface area contributed by atoms with Gasteiger partial charge in [0.05, 0.1) is 12.2 Å². The van der Waals surface area contributed by atoms with Gasteiger partial charge in [0.2, 0.25) is 0 Å². The molecule has 1 atom stereocenters. The van der Waals surface area contributed by atoms with Crippen LogP contribution in [0.2, 0.25) is 0 Å². The fourth-order valence-corrected chi connectivity index (χ4v) is 1.93. The lowest BCUT2D eigenvalue weighted by atomic mass is 10.1. The minimum atomic E-state index is 0.300. The Kier molecular flexibility index (Phi) is 2.61. The first-order valence-corrected chi connectivity index (χ1v) is 4.75. The number of hydrogen-bond acceptors (Lipinski definition) is 4. The van der Waals surface area contributed by atoms with Crippen molar-refractivity contribution in [2.24, 2.45) is 5.73 Å². The third-order valence-corrected chi connectivity index (χ3v) is 2.64. The zero-order chi connectivity index (χ0) is 9.10. The topological polar surface area (TPSA) is 55.3 Å². The third kappa shape index (κ3) is 1.73. The molecule has 72 valence electrons. The molecule has 2 N–H and O–H groups in total. The quantitative estimate of drug-likeness (QED) is 0.748. The van der Waals surface area contributed by atoms with E-state index in [9.17, 15) is 0 Å². The maximum atomic E-state index is 5.73. The summed E-state index contributed by atoms with van der Waals surface area (Å²) in [5.41, 5.74) is 6.83. The molecule has 1 aromatic rings. The molecule has 4 heteroatoms. The van der Waals surface area contributed by atoms with Crippen LogP contribution in [0.3, 0.4) is 0 Å². The van der Waals surface area contributed by atoms with Gasteiger partial charge in [-0.1, -0.05) is 5.16 Å². The molecular weight excluding hydrogens is 166 g/mol. The minimum absolute atomic E-state index is 0.300. The molecular formula is C9H15N3O. The number of nitrogens with zero attached hydrogens (tertiary/aromatic N) is 2. The van der Waals surface area contributed by atoms with Gasteiger partial charge in [0, 0.05) is 12.1 Å². The monoisotopic (exact) mass is 181 g/mol. The Bertz CT molecular complexity index is 241. The van der Waals surface area contributed by atoms with Crippen molar-refractivity contribution in [3.05, 3.63) is 18.0 Å². The lowest BCUT2D eigenvalue weighted by Crippen LogP contribution is -2.31. The standard InChI is InChI=1S/C9H15N3O/c10-5-9(8-6-11-13-7-8)12-3-1-2-4-12/h6-7,9H,1-5,10H2. The van der Waals surface area contributed by atoms with Gasteiger partial charge in [-0.25, -0.2) is 0 Å². The molecule has 1 saturated heterocycles. The van der Waals surface area contributed by atoms with E-state index in [1.54, 1.807) is 12.5 Å². The molecule has 1 fully saturated rings. The van der Waals surface area contributed by atoms with Crippen LogP contribution < -0.4 is 5.73 Å². The first kappa shape index (κ1) is 8.72. The van der Waals surface area contributed by atoms with Crippen LogP contribution in [0.1, 0.15) is 24.4 Å². The smallest absolute Gasteiger partial charge is 0.128 e. The lowest BCUT2D eigenvalue weighted by Gasteiger charge is -2.24. The first-order valence-electron chi connectivity index (χ1n) is 4.75. The van der Waals surface area contributed by atoms with Crippen molar-refractivity contribution in [2.75, 3.05) is 19.6 Å². The molecule has 0 amide bonds. The van der Waals surface area contributed by atoms with Gasteiger partial charge >= 0.3 is 0 Å². The van der Waals surface area contributed by atoms with E-state index in [4.69, 9.17) is 10.3 Å². The number of likely N-dealkylation sites (tertiary alicyclic amines) is 1. The second kappa shape index (κ2) is 3.89. The molecule has 1 aliphatic heterocycles. The summed E-state index contributed by atoms with van der Waals surface area (Å²) in [6.45, 7) is 2.93. The van der Waals surface area contributed by atoms with E-state index in [1.807, 2.05) is 0 Å². The zero-order valence-corrected chi connectivity index (χ0v) is 7.65. The summed E-state index contributed by atoms with van der Waals surface area (Å²) in [5, 5.41) is 3.71. The van der Waals surface area contributed by atoms with Gasteiger partial charge in [-0.3, -0.25) is 4.90 Å². The van der Waals surface area contributed by atoms with Crippen LogP contribution in [0.5, 0.6) is 0 Å². The zero-order valence-electron chi connectivity index (χ0n) is 7.65. The average molecular weight is 181 g/mol. The molecule has 1 unspecified atom stereocenters. The Morgan fingerprint density at radius 2 is 2.31 bits per heavy atom. The van der Waals surface area contributed by atoms with Crippen LogP contribution in [0, 0.1) is 0 Å². The van der Waals surface area contributed by atoms with E-state index in [2.05, 4.69) is 10.1 Å². The molecule has 2 rings (SSSR count). The fraction of sp³-hybridized carbons (Fsp3) is 0.667. The van der Waals surface area contributed by atoms with Crippen molar-refractivity contribution < 1.29 is 4.52 Å². The predicted molar refractivity (Wildman–Crippen MR) is 49.1 cm³/mol. The lowest BCUT2D eigenvalue weighted by molar-refractivity contribution is 0.250. The molecule has 0 aliphatic carbocycles. The van der Waals surface area contributed by atoms with Crippen LogP contribution >= 0.6 is 0 Å². The Hall–Kier alpha value is -0.870. The SMILES string of the molecule is NCC(c1cnoc1)N1CCCC1. The minimum Gasteiger partial charge on any atom is -0.364 e. The van der Waals surface area contributed by atoms with E-state index in [-0.39, 0.29) is 0 Å². The number of aromatic nitrogens is 1. The average Bonchev–Trinajstić information content (AvgIpc) is 2.76. The second-order valence-electron chi connectivity index (χ2n) is 3.45. The van der Waals surface area contributed by atoms with Crippen LogP contribution in [0.4, 0.5) is 0 Å². The van der Waals surface area contributed by atoms with Gasteiger partial charge in [0.15, 0.2) is 0 Å². The van der Waals surface area contributed by atoms with Gasteiger partial charge in [0.25, 0.3) is 0 Å². The van der Waals surface area contributed by atoms with Crippen LogP contribution in [0.15, 0.2) is 17.0 Å². The predicted octanol–water partition coefficient (Wildman–Crippen LogP) is 0.770. The summed E-state index contributed by atoms with van der Waals surface area (Å²) < 4.78 is 4.82. The van der Waals surface area contributed by atoms with E-state index >= 15 is 0 Å². The molecule has 0 spiro atoms. The third-order valence-electron chi connectivity index (χ3n) is 2.64. The van der Waals surface area contributed by atoms with Gasteiger partial charge < -0.3 is 10.3 Å². The Morgan fingerprint density at radius 1 is 1.54 bits per heavy atom. The maximum Gasteiger partial charge on any atom is 0.128 e. The highest BCUT2D eigenvalue weighted by atomic mass is 16.5. The highest BCUT2D eigenvalue weighted by molar-refractivity contribution is 5.09. The molecule has 1 aliphatic rings. The van der Waals surface area contributed by atoms with Gasteiger partial charge in [-0.05, 0) is 25.9 Å². The van der Waals surface area contributed by atoms with Crippen molar-refractivity contribution in [2.45, 2.75) is 18.9 Å². The Labute approximate surface area is 77.7 Å². The summed E-state index contributed by atoms with van der Waals surface area (Å²) in [5.74, 6) is 0. The van der Waals surface area contributed by atoms with Crippen LogP contribution in [-0.4, -0.2) is 29.7 Å². The Balaban J connectivity index is 2.08. The molecule has 0 saturated carbocycles.